The molecule has 0 saturated carbocycles. The van der Waals surface area contributed by atoms with Gasteiger partial charge in [-0.3, -0.25) is 19.2 Å². The number of ketones is 2. The van der Waals surface area contributed by atoms with Crippen LogP contribution in [0.15, 0.2) is 48.5 Å². The molecule has 0 unspecified atom stereocenters. The molecule has 8 nitrogen and oxygen atoms in total. The van der Waals surface area contributed by atoms with Crippen LogP contribution < -0.4 is 0 Å². The highest BCUT2D eigenvalue weighted by molar-refractivity contribution is 6.02. The van der Waals surface area contributed by atoms with Crippen LogP contribution in [0.5, 0.6) is 0 Å². The maximum Gasteiger partial charge on any atom is 0.306 e. The van der Waals surface area contributed by atoms with Crippen molar-refractivity contribution in [3.05, 3.63) is 70.8 Å². The molecule has 2 rings (SSSR count). The summed E-state index contributed by atoms with van der Waals surface area (Å²) in [4.78, 5) is 47.0. The molecule has 2 aromatic rings. The molecule has 0 amide bonds. The molecule has 0 spiro atoms. The minimum atomic E-state index is -1.39. The van der Waals surface area contributed by atoms with Gasteiger partial charge in [0.2, 0.25) is 0 Å². The molecule has 0 radical (unpaired) electrons. The largest absolute Gasteiger partial charge is 0.461 e. The normalized spacial score (nSPS) is 11.4. The van der Waals surface area contributed by atoms with Gasteiger partial charge < -0.3 is 19.7 Å². The van der Waals surface area contributed by atoms with E-state index >= 15 is 0 Å². The number of aliphatic hydroxyl groups is 2. The highest BCUT2D eigenvalue weighted by atomic mass is 16.5. The van der Waals surface area contributed by atoms with E-state index in [-0.39, 0.29) is 36.7 Å². The maximum absolute atomic E-state index is 12.0. The Kier molecular flexibility index (Phi) is 23.7. The van der Waals surface area contributed by atoms with Crippen LogP contribution in [0.2, 0.25) is 0 Å². The van der Waals surface area contributed by atoms with E-state index in [1.54, 1.807) is 48.5 Å². The molecule has 2 aromatic carbocycles. The summed E-state index contributed by atoms with van der Waals surface area (Å²) in [7, 11) is 0. The fraction of sp³-hybridized carbons (Fsp3) is 0.636. The van der Waals surface area contributed by atoms with E-state index < -0.39 is 11.2 Å². The number of carbonyl (C=O) groups excluding carboxylic acids is 4. The third kappa shape index (κ3) is 21.9. The predicted octanol–water partition coefficient (Wildman–Crippen LogP) is 10.4. The lowest BCUT2D eigenvalue weighted by atomic mass is 9.96. The summed E-state index contributed by atoms with van der Waals surface area (Å²) in [5.74, 6) is -1.04. The third-order valence-corrected chi connectivity index (χ3v) is 8.78. The molecular formula is C44H68O8. The Morgan fingerprint density at radius 2 is 0.769 bits per heavy atom. The zero-order valence-corrected chi connectivity index (χ0v) is 33.1. The lowest BCUT2D eigenvalue weighted by Gasteiger charge is -2.15. The van der Waals surface area contributed by atoms with Gasteiger partial charge in [0.25, 0.3) is 0 Å². The molecule has 292 valence electrons. The Bertz CT molecular complexity index is 1280. The van der Waals surface area contributed by atoms with Crippen molar-refractivity contribution in [1.82, 2.24) is 0 Å². The Morgan fingerprint density at radius 1 is 0.462 bits per heavy atom. The second kappa shape index (κ2) is 26.4. The maximum atomic E-state index is 12.0. The van der Waals surface area contributed by atoms with Crippen molar-refractivity contribution in [2.24, 2.45) is 0 Å². The van der Waals surface area contributed by atoms with Crippen molar-refractivity contribution >= 4 is 23.5 Å². The minimum absolute atomic E-state index is 0.165. The number of esters is 2. The second-order valence-corrected chi connectivity index (χ2v) is 14.9. The van der Waals surface area contributed by atoms with Gasteiger partial charge in [-0.05, 0) is 51.7 Å². The van der Waals surface area contributed by atoms with Crippen LogP contribution >= 0.6 is 0 Å². The van der Waals surface area contributed by atoms with Crippen LogP contribution in [0, 0.1) is 0 Å². The van der Waals surface area contributed by atoms with Gasteiger partial charge >= 0.3 is 11.9 Å². The van der Waals surface area contributed by atoms with Crippen molar-refractivity contribution in [3.8, 4) is 0 Å². The van der Waals surface area contributed by atoms with Crippen LogP contribution in [-0.2, 0) is 32.3 Å². The first-order chi connectivity index (χ1) is 24.7. The summed E-state index contributed by atoms with van der Waals surface area (Å²) in [5.41, 5.74) is -0.216. The molecular weight excluding hydrogens is 656 g/mol. The van der Waals surface area contributed by atoms with Crippen LogP contribution in [0.3, 0.4) is 0 Å². The number of carbonyl (C=O) groups is 4. The summed E-state index contributed by atoms with van der Waals surface area (Å²) in [6, 6.07) is 13.6. The third-order valence-electron chi connectivity index (χ3n) is 8.78. The Balaban J connectivity index is 0.000000601. The first-order valence-electron chi connectivity index (χ1n) is 19.7. The number of ether oxygens (including phenoxy) is 2. The second-order valence-electron chi connectivity index (χ2n) is 14.9. The molecule has 0 bridgehead atoms. The van der Waals surface area contributed by atoms with E-state index in [2.05, 4.69) is 6.92 Å². The average Bonchev–Trinajstić information content (AvgIpc) is 3.11. The number of benzene rings is 2. The van der Waals surface area contributed by atoms with E-state index in [1.807, 2.05) is 6.92 Å². The molecule has 0 fully saturated rings. The van der Waals surface area contributed by atoms with Crippen LogP contribution in [-0.4, -0.2) is 44.9 Å². The molecule has 52 heavy (non-hydrogen) atoms. The standard InChI is InChI=1S/C29H48O4.C15H20O4/c1-4-5-6-7-8-9-10-11-12-13-14-15-16-17-18-19-27(30)33-24-25-20-22-26(23-21-25)28(31)29(2,3)32;1-4-5-13(16)19-10-11-6-8-12(9-7-11)14(17)15(2,3)18/h20-23,32H,4-19,24H2,1-3H3;6-9,18H,4-5,10H2,1-3H3. The highest BCUT2D eigenvalue weighted by Crippen LogP contribution is 2.17. The van der Waals surface area contributed by atoms with Gasteiger partial charge in [0.15, 0.2) is 11.6 Å². The Hall–Kier alpha value is -3.36. The molecule has 0 aliphatic heterocycles. The molecule has 2 N–H and O–H groups in total. The molecule has 0 heterocycles. The predicted molar refractivity (Wildman–Crippen MR) is 208 cm³/mol. The SMILES string of the molecule is CCCC(=O)OCc1ccc(C(=O)C(C)(C)O)cc1.CCCCCCCCCCCCCCCCCC(=O)OCc1ccc(C(=O)C(C)(C)O)cc1. The number of hydrogen-bond donors (Lipinski definition) is 2. The highest BCUT2D eigenvalue weighted by Gasteiger charge is 2.25. The van der Waals surface area contributed by atoms with E-state index in [0.717, 1.165) is 30.4 Å². The lowest BCUT2D eigenvalue weighted by molar-refractivity contribution is -0.145. The quantitative estimate of drug-likeness (QED) is 0.0558. The smallest absolute Gasteiger partial charge is 0.306 e. The van der Waals surface area contributed by atoms with E-state index in [4.69, 9.17) is 9.47 Å². The average molecular weight is 725 g/mol. The van der Waals surface area contributed by atoms with Gasteiger partial charge in [-0.15, -0.1) is 0 Å². The van der Waals surface area contributed by atoms with Gasteiger partial charge in [-0.1, -0.05) is 152 Å². The van der Waals surface area contributed by atoms with Gasteiger partial charge in [-0.25, -0.2) is 0 Å². The van der Waals surface area contributed by atoms with E-state index in [1.165, 1.54) is 111 Å². The fourth-order valence-corrected chi connectivity index (χ4v) is 5.53. The number of Topliss-reactive ketones (excluding diaryl/α,β-unsaturated/α-hetero) is 2. The Labute approximate surface area is 314 Å². The summed E-state index contributed by atoms with van der Waals surface area (Å²) in [6.45, 7) is 10.5. The Morgan fingerprint density at radius 3 is 1.08 bits per heavy atom. The number of unbranched alkanes of at least 4 members (excludes halogenated alkanes) is 14. The summed E-state index contributed by atoms with van der Waals surface area (Å²) in [5, 5.41) is 19.4. The van der Waals surface area contributed by atoms with Gasteiger partial charge in [-0.2, -0.15) is 0 Å². The zero-order valence-electron chi connectivity index (χ0n) is 33.1. The van der Waals surface area contributed by atoms with E-state index in [0.29, 0.717) is 24.0 Å². The van der Waals surface area contributed by atoms with Gasteiger partial charge in [0.05, 0.1) is 0 Å². The summed E-state index contributed by atoms with van der Waals surface area (Å²) in [6.07, 6.45) is 21.3. The molecule has 0 aliphatic rings. The number of rotatable bonds is 26. The van der Waals surface area contributed by atoms with Gasteiger partial charge in [0, 0.05) is 24.0 Å². The fourth-order valence-electron chi connectivity index (χ4n) is 5.53. The van der Waals surface area contributed by atoms with Crippen molar-refractivity contribution in [2.75, 3.05) is 0 Å². The minimum Gasteiger partial charge on any atom is -0.461 e. The van der Waals surface area contributed by atoms with E-state index in [9.17, 15) is 29.4 Å². The van der Waals surface area contributed by atoms with Crippen molar-refractivity contribution in [2.45, 2.75) is 182 Å². The zero-order chi connectivity index (χ0) is 38.8. The molecule has 0 saturated heterocycles. The molecule has 8 heteroatoms. The summed E-state index contributed by atoms with van der Waals surface area (Å²) >= 11 is 0. The summed E-state index contributed by atoms with van der Waals surface area (Å²) < 4.78 is 10.4. The monoisotopic (exact) mass is 724 g/mol. The lowest BCUT2D eigenvalue weighted by Crippen LogP contribution is -2.31. The number of hydrogen-bond acceptors (Lipinski definition) is 8. The molecule has 0 aliphatic carbocycles. The molecule has 0 aromatic heterocycles. The van der Waals surface area contributed by atoms with Gasteiger partial charge in [0.1, 0.15) is 24.4 Å². The topological polar surface area (TPSA) is 127 Å². The van der Waals surface area contributed by atoms with Crippen molar-refractivity contribution in [1.29, 1.82) is 0 Å². The van der Waals surface area contributed by atoms with Crippen LogP contribution in [0.4, 0.5) is 0 Å². The van der Waals surface area contributed by atoms with Crippen LogP contribution in [0.1, 0.15) is 189 Å². The van der Waals surface area contributed by atoms with Crippen LogP contribution in [0.25, 0.3) is 0 Å². The van der Waals surface area contributed by atoms with Crippen molar-refractivity contribution < 1.29 is 38.9 Å². The molecule has 0 atom stereocenters. The van der Waals surface area contributed by atoms with Crippen molar-refractivity contribution in [3.63, 3.8) is 0 Å². The first kappa shape index (κ1) is 46.7. The first-order valence-corrected chi connectivity index (χ1v) is 19.7.